The van der Waals surface area contributed by atoms with E-state index in [-0.39, 0.29) is 24.6 Å². The number of aromatic nitrogens is 2. The highest BCUT2D eigenvalue weighted by Gasteiger charge is 2.40. The van der Waals surface area contributed by atoms with Gasteiger partial charge in [-0.2, -0.15) is 18.3 Å². The van der Waals surface area contributed by atoms with E-state index in [1.54, 1.807) is 6.92 Å². The zero-order chi connectivity index (χ0) is 17.2. The molecule has 0 saturated heterocycles. The van der Waals surface area contributed by atoms with Crippen molar-refractivity contribution in [3.8, 4) is 5.69 Å². The van der Waals surface area contributed by atoms with Crippen LogP contribution in [-0.2, 0) is 6.18 Å². The van der Waals surface area contributed by atoms with E-state index in [0.717, 1.165) is 6.20 Å². The Morgan fingerprint density at radius 3 is 2.46 bits per heavy atom. The number of alkyl halides is 3. The standard InChI is InChI=1S/C14H14ClF3N4O.ClH/c1-8(6-19)21-13(23)11-7-20-22(12(11)14(16,17)18)10-4-2-9(15)3-5-10;/h2-5,7-8H,6,19H2,1H3,(H,21,23);1H/t8-;/m0./s1. The van der Waals surface area contributed by atoms with Gasteiger partial charge in [0.25, 0.3) is 5.91 Å². The van der Waals surface area contributed by atoms with Crippen molar-refractivity contribution >= 4 is 29.9 Å². The van der Waals surface area contributed by atoms with Gasteiger partial charge in [-0.15, -0.1) is 12.4 Å². The Morgan fingerprint density at radius 1 is 1.38 bits per heavy atom. The summed E-state index contributed by atoms with van der Waals surface area (Å²) in [6, 6.07) is 5.19. The van der Waals surface area contributed by atoms with E-state index in [2.05, 4.69) is 10.4 Å². The first-order valence-corrected chi connectivity index (χ1v) is 7.04. The van der Waals surface area contributed by atoms with Crippen LogP contribution in [0.4, 0.5) is 13.2 Å². The molecule has 2 aromatic rings. The Hall–Kier alpha value is -1.77. The van der Waals surface area contributed by atoms with Gasteiger partial charge in [0.1, 0.15) is 0 Å². The molecule has 1 aromatic carbocycles. The molecule has 0 radical (unpaired) electrons. The molecule has 1 atom stereocenters. The number of hydrogen-bond donors (Lipinski definition) is 2. The van der Waals surface area contributed by atoms with Crippen molar-refractivity contribution in [1.82, 2.24) is 15.1 Å². The molecule has 3 N–H and O–H groups in total. The molecule has 24 heavy (non-hydrogen) atoms. The van der Waals surface area contributed by atoms with Crippen LogP contribution in [0.3, 0.4) is 0 Å². The van der Waals surface area contributed by atoms with Crippen LogP contribution in [0.25, 0.3) is 5.69 Å². The summed E-state index contributed by atoms with van der Waals surface area (Å²) in [4.78, 5) is 12.0. The predicted molar refractivity (Wildman–Crippen MR) is 86.8 cm³/mol. The van der Waals surface area contributed by atoms with Gasteiger partial charge in [-0.1, -0.05) is 11.6 Å². The fourth-order valence-corrected chi connectivity index (χ4v) is 2.05. The maximum atomic E-state index is 13.4. The Bertz CT molecular complexity index is 701. The Balaban J connectivity index is 0.00000288. The molecule has 0 aliphatic heterocycles. The fraction of sp³-hybridized carbons (Fsp3) is 0.286. The second-order valence-corrected chi connectivity index (χ2v) is 5.34. The Morgan fingerprint density at radius 2 is 1.96 bits per heavy atom. The van der Waals surface area contributed by atoms with Crippen molar-refractivity contribution in [2.45, 2.75) is 19.1 Å². The van der Waals surface area contributed by atoms with Gasteiger partial charge in [0.2, 0.25) is 0 Å². The highest BCUT2D eigenvalue weighted by molar-refractivity contribution is 6.30. The van der Waals surface area contributed by atoms with Crippen molar-refractivity contribution in [2.24, 2.45) is 5.73 Å². The van der Waals surface area contributed by atoms with Crippen LogP contribution in [0, 0.1) is 0 Å². The van der Waals surface area contributed by atoms with Crippen LogP contribution in [0.5, 0.6) is 0 Å². The minimum atomic E-state index is -4.76. The zero-order valence-electron chi connectivity index (χ0n) is 12.5. The monoisotopic (exact) mass is 382 g/mol. The topological polar surface area (TPSA) is 72.9 Å². The van der Waals surface area contributed by atoms with Gasteiger partial charge >= 0.3 is 6.18 Å². The molecule has 2 rings (SSSR count). The summed E-state index contributed by atoms with van der Waals surface area (Å²) in [5.41, 5.74) is 3.79. The maximum Gasteiger partial charge on any atom is 0.434 e. The van der Waals surface area contributed by atoms with E-state index < -0.39 is 29.4 Å². The van der Waals surface area contributed by atoms with Gasteiger partial charge in [0, 0.05) is 17.6 Å². The number of carbonyl (C=O) groups excluding carboxylic acids is 1. The normalized spacial score (nSPS) is 12.4. The number of amides is 1. The quantitative estimate of drug-likeness (QED) is 0.853. The molecule has 0 unspecified atom stereocenters. The number of benzene rings is 1. The van der Waals surface area contributed by atoms with Crippen molar-refractivity contribution in [1.29, 1.82) is 0 Å². The molecular formula is C14H15Cl2F3N4O. The highest BCUT2D eigenvalue weighted by Crippen LogP contribution is 2.33. The zero-order valence-corrected chi connectivity index (χ0v) is 14.0. The van der Waals surface area contributed by atoms with E-state index >= 15 is 0 Å². The van der Waals surface area contributed by atoms with Gasteiger partial charge in [-0.3, -0.25) is 4.79 Å². The maximum absolute atomic E-state index is 13.4. The van der Waals surface area contributed by atoms with Crippen LogP contribution in [0.2, 0.25) is 5.02 Å². The fourth-order valence-electron chi connectivity index (χ4n) is 1.93. The third-order valence-corrected chi connectivity index (χ3v) is 3.34. The lowest BCUT2D eigenvalue weighted by Crippen LogP contribution is -2.38. The lowest BCUT2D eigenvalue weighted by Gasteiger charge is -2.14. The molecule has 0 bridgehead atoms. The number of nitrogens with two attached hydrogens (primary N) is 1. The minimum absolute atomic E-state index is 0. The Kier molecular flexibility index (Phi) is 6.65. The molecule has 132 valence electrons. The molecule has 1 aromatic heterocycles. The van der Waals surface area contributed by atoms with Gasteiger partial charge in [0.15, 0.2) is 5.69 Å². The molecule has 0 saturated carbocycles. The first kappa shape index (κ1) is 20.3. The van der Waals surface area contributed by atoms with Gasteiger partial charge in [-0.25, -0.2) is 4.68 Å². The van der Waals surface area contributed by atoms with Gasteiger partial charge in [-0.05, 0) is 31.2 Å². The molecule has 0 aliphatic carbocycles. The predicted octanol–water partition coefficient (Wildman–Crippen LogP) is 3.04. The van der Waals surface area contributed by atoms with E-state index in [1.165, 1.54) is 24.3 Å². The minimum Gasteiger partial charge on any atom is -0.348 e. The van der Waals surface area contributed by atoms with E-state index in [0.29, 0.717) is 9.70 Å². The molecule has 0 spiro atoms. The van der Waals surface area contributed by atoms with E-state index in [9.17, 15) is 18.0 Å². The summed E-state index contributed by atoms with van der Waals surface area (Å²) in [5, 5.41) is 6.47. The van der Waals surface area contributed by atoms with Crippen molar-refractivity contribution in [3.63, 3.8) is 0 Å². The third kappa shape index (κ3) is 4.40. The number of nitrogens with zero attached hydrogens (tertiary/aromatic N) is 2. The van der Waals surface area contributed by atoms with Crippen molar-refractivity contribution < 1.29 is 18.0 Å². The van der Waals surface area contributed by atoms with E-state index in [4.69, 9.17) is 17.3 Å². The van der Waals surface area contributed by atoms with Crippen LogP contribution in [0.1, 0.15) is 23.0 Å². The van der Waals surface area contributed by atoms with Crippen molar-refractivity contribution in [3.05, 3.63) is 46.7 Å². The summed E-state index contributed by atoms with van der Waals surface area (Å²) in [6.07, 6.45) is -3.87. The second kappa shape index (κ2) is 7.87. The van der Waals surface area contributed by atoms with Gasteiger partial charge in [0.05, 0.1) is 17.4 Å². The number of halogens is 5. The SMILES string of the molecule is C[C@@H](CN)NC(=O)c1cnn(-c2ccc(Cl)cc2)c1C(F)(F)F.Cl. The lowest BCUT2D eigenvalue weighted by atomic mass is 10.2. The largest absolute Gasteiger partial charge is 0.434 e. The number of carbonyl (C=O) groups is 1. The number of nitrogens with one attached hydrogen (secondary N) is 1. The first-order chi connectivity index (χ1) is 10.7. The molecule has 0 fully saturated rings. The number of hydrogen-bond acceptors (Lipinski definition) is 3. The summed E-state index contributed by atoms with van der Waals surface area (Å²) < 4.78 is 40.9. The number of rotatable bonds is 4. The van der Waals surface area contributed by atoms with Crippen LogP contribution in [0.15, 0.2) is 30.5 Å². The third-order valence-electron chi connectivity index (χ3n) is 3.08. The molecule has 0 aliphatic rings. The van der Waals surface area contributed by atoms with Crippen LogP contribution < -0.4 is 11.1 Å². The smallest absolute Gasteiger partial charge is 0.348 e. The molecule has 1 amide bonds. The molecule has 1 heterocycles. The first-order valence-electron chi connectivity index (χ1n) is 6.66. The van der Waals surface area contributed by atoms with Gasteiger partial charge < -0.3 is 11.1 Å². The van der Waals surface area contributed by atoms with E-state index in [1.807, 2.05) is 0 Å². The van der Waals surface area contributed by atoms with Crippen LogP contribution in [-0.4, -0.2) is 28.3 Å². The average molecular weight is 383 g/mol. The summed E-state index contributed by atoms with van der Waals surface area (Å²) in [5.74, 6) is -0.879. The summed E-state index contributed by atoms with van der Waals surface area (Å²) >= 11 is 5.73. The Labute approximate surface area is 147 Å². The summed E-state index contributed by atoms with van der Waals surface area (Å²) in [7, 11) is 0. The molecule has 10 heteroatoms. The van der Waals surface area contributed by atoms with Crippen molar-refractivity contribution in [2.75, 3.05) is 6.54 Å². The lowest BCUT2D eigenvalue weighted by molar-refractivity contribution is -0.143. The average Bonchev–Trinajstić information content (AvgIpc) is 2.93. The highest BCUT2D eigenvalue weighted by atomic mass is 35.5. The molecule has 5 nitrogen and oxygen atoms in total. The second-order valence-electron chi connectivity index (χ2n) is 4.90. The molecular weight excluding hydrogens is 368 g/mol. The summed E-state index contributed by atoms with van der Waals surface area (Å²) in [6.45, 7) is 1.70. The van der Waals surface area contributed by atoms with Crippen LogP contribution >= 0.6 is 24.0 Å².